The van der Waals surface area contributed by atoms with Crippen LogP contribution in [0.15, 0.2) is 82.4 Å². The Bertz CT molecular complexity index is 1880. The fourth-order valence-corrected chi connectivity index (χ4v) is 5.18. The van der Waals surface area contributed by atoms with E-state index < -0.39 is 17.1 Å². The summed E-state index contributed by atoms with van der Waals surface area (Å²) < 4.78 is 17.0. The zero-order chi connectivity index (χ0) is 29.4. The van der Waals surface area contributed by atoms with E-state index in [0.29, 0.717) is 35.9 Å². The SMILES string of the molecule is CCc1ccc(C(=O)N(C)c2ccc(Cc3nc4c([nH]3)c(=O)n(Cc3ccccc3F)c(=O)n4CC3CC3)cc2)cc1. The van der Waals surface area contributed by atoms with Gasteiger partial charge in [-0.05, 0) is 66.6 Å². The Morgan fingerprint density at radius 2 is 1.67 bits per heavy atom. The molecule has 214 valence electrons. The third kappa shape index (κ3) is 5.42. The molecule has 0 aliphatic heterocycles. The summed E-state index contributed by atoms with van der Waals surface area (Å²) in [5.41, 5.74) is 3.31. The number of aryl methyl sites for hydroxylation is 1. The molecule has 2 aromatic heterocycles. The second kappa shape index (κ2) is 11.2. The number of hydrogen-bond donors (Lipinski definition) is 1. The minimum absolute atomic E-state index is 0.0945. The second-order valence-corrected chi connectivity index (χ2v) is 11.0. The lowest BCUT2D eigenvalue weighted by molar-refractivity contribution is 0.0993. The highest BCUT2D eigenvalue weighted by Crippen LogP contribution is 2.30. The number of aromatic nitrogens is 4. The Morgan fingerprint density at radius 3 is 2.33 bits per heavy atom. The van der Waals surface area contributed by atoms with Crippen LogP contribution >= 0.6 is 0 Å². The van der Waals surface area contributed by atoms with Crippen molar-refractivity contribution in [3.05, 3.63) is 128 Å². The standard InChI is InChI=1S/C33H32FN5O3/c1-3-21-10-14-24(15-11-21)31(40)37(2)26-16-12-22(13-17-26)18-28-35-29-30(36-28)38(19-23-8-9-23)33(42)39(32(29)41)20-25-6-4-5-7-27(25)34/h4-7,10-17,23H,3,8-9,18-20H2,1-2H3,(H,35,36). The van der Waals surface area contributed by atoms with Crippen molar-refractivity contribution < 1.29 is 9.18 Å². The Kier molecular flexibility index (Phi) is 7.33. The molecule has 6 rings (SSSR count). The molecule has 1 amide bonds. The summed E-state index contributed by atoms with van der Waals surface area (Å²) in [7, 11) is 1.75. The zero-order valence-corrected chi connectivity index (χ0v) is 23.6. The summed E-state index contributed by atoms with van der Waals surface area (Å²) in [6.07, 6.45) is 3.35. The van der Waals surface area contributed by atoms with E-state index in [-0.39, 0.29) is 23.5 Å². The average Bonchev–Trinajstić information content (AvgIpc) is 3.74. The molecule has 9 heteroatoms. The van der Waals surface area contributed by atoms with Gasteiger partial charge in [-0.15, -0.1) is 0 Å². The molecule has 8 nitrogen and oxygen atoms in total. The molecule has 0 spiro atoms. The van der Waals surface area contributed by atoms with Gasteiger partial charge < -0.3 is 9.88 Å². The smallest absolute Gasteiger partial charge is 0.333 e. The predicted molar refractivity (Wildman–Crippen MR) is 161 cm³/mol. The van der Waals surface area contributed by atoms with E-state index in [9.17, 15) is 18.8 Å². The second-order valence-electron chi connectivity index (χ2n) is 11.0. The van der Waals surface area contributed by atoms with Crippen LogP contribution < -0.4 is 16.1 Å². The van der Waals surface area contributed by atoms with Gasteiger partial charge in [0, 0.05) is 36.8 Å². The van der Waals surface area contributed by atoms with Crippen molar-refractivity contribution >= 4 is 22.8 Å². The third-order valence-electron chi connectivity index (χ3n) is 7.94. The van der Waals surface area contributed by atoms with Crippen LogP contribution in [-0.4, -0.2) is 32.1 Å². The van der Waals surface area contributed by atoms with Gasteiger partial charge in [0.2, 0.25) is 0 Å². The van der Waals surface area contributed by atoms with Crippen LogP contribution in [0.25, 0.3) is 11.2 Å². The molecule has 2 heterocycles. The number of H-pyrrole nitrogens is 1. The van der Waals surface area contributed by atoms with Crippen molar-refractivity contribution in [2.24, 2.45) is 5.92 Å². The molecule has 1 aliphatic carbocycles. The molecule has 1 aliphatic rings. The topological polar surface area (TPSA) is 93.0 Å². The van der Waals surface area contributed by atoms with E-state index in [4.69, 9.17) is 0 Å². The largest absolute Gasteiger partial charge is 0.336 e. The summed E-state index contributed by atoms with van der Waals surface area (Å²) in [6, 6.07) is 21.4. The van der Waals surface area contributed by atoms with Crippen LogP contribution in [0.2, 0.25) is 0 Å². The van der Waals surface area contributed by atoms with Crippen LogP contribution in [0.5, 0.6) is 0 Å². The zero-order valence-electron chi connectivity index (χ0n) is 23.6. The fourth-order valence-electron chi connectivity index (χ4n) is 5.18. The van der Waals surface area contributed by atoms with Crippen LogP contribution in [0.4, 0.5) is 10.1 Å². The monoisotopic (exact) mass is 565 g/mol. The summed E-state index contributed by atoms with van der Waals surface area (Å²) in [5.74, 6) is 0.348. The van der Waals surface area contributed by atoms with Crippen LogP contribution in [0.1, 0.15) is 52.6 Å². The number of carbonyl (C=O) groups excluding carboxylic acids is 1. The Balaban J connectivity index is 1.27. The molecule has 0 saturated heterocycles. The van der Waals surface area contributed by atoms with E-state index in [2.05, 4.69) is 16.9 Å². The minimum Gasteiger partial charge on any atom is -0.336 e. The van der Waals surface area contributed by atoms with E-state index in [1.807, 2.05) is 48.5 Å². The molecule has 0 radical (unpaired) electrons. The fraction of sp³-hybridized carbons (Fsp3) is 0.273. The highest BCUT2D eigenvalue weighted by Gasteiger charge is 2.26. The maximum atomic E-state index is 14.4. The van der Waals surface area contributed by atoms with E-state index in [1.165, 1.54) is 11.6 Å². The number of benzene rings is 3. The summed E-state index contributed by atoms with van der Waals surface area (Å²) in [6.45, 7) is 2.39. The third-order valence-corrected chi connectivity index (χ3v) is 7.94. The van der Waals surface area contributed by atoms with Crippen LogP contribution in [0.3, 0.4) is 0 Å². The molecule has 0 unspecified atom stereocenters. The van der Waals surface area contributed by atoms with Crippen LogP contribution in [0, 0.1) is 11.7 Å². The number of hydrogen-bond acceptors (Lipinski definition) is 4. The molecule has 1 fully saturated rings. The van der Waals surface area contributed by atoms with Crippen molar-refractivity contribution in [2.75, 3.05) is 11.9 Å². The van der Waals surface area contributed by atoms with Gasteiger partial charge in [-0.2, -0.15) is 0 Å². The van der Waals surface area contributed by atoms with Gasteiger partial charge in [-0.25, -0.2) is 14.2 Å². The number of nitrogens with zero attached hydrogens (tertiary/aromatic N) is 4. The van der Waals surface area contributed by atoms with E-state index in [1.54, 1.807) is 34.7 Å². The lowest BCUT2D eigenvalue weighted by atomic mass is 10.1. The summed E-state index contributed by atoms with van der Waals surface area (Å²) >= 11 is 0. The average molecular weight is 566 g/mol. The first-order valence-corrected chi connectivity index (χ1v) is 14.2. The van der Waals surface area contributed by atoms with E-state index in [0.717, 1.165) is 35.1 Å². The number of aromatic amines is 1. The minimum atomic E-state index is -0.522. The van der Waals surface area contributed by atoms with Gasteiger partial charge in [0.1, 0.15) is 17.2 Å². The number of amides is 1. The van der Waals surface area contributed by atoms with E-state index >= 15 is 0 Å². The van der Waals surface area contributed by atoms with Gasteiger partial charge in [-0.1, -0.05) is 49.4 Å². The molecule has 42 heavy (non-hydrogen) atoms. The molecule has 0 atom stereocenters. The number of imidazole rings is 1. The highest BCUT2D eigenvalue weighted by atomic mass is 19.1. The van der Waals surface area contributed by atoms with Crippen LogP contribution in [-0.2, 0) is 25.9 Å². The molecular formula is C33H32FN5O3. The number of nitrogens with one attached hydrogen (secondary N) is 1. The lowest BCUT2D eigenvalue weighted by Gasteiger charge is -2.18. The number of halogens is 1. The van der Waals surface area contributed by atoms with Crippen molar-refractivity contribution in [3.8, 4) is 0 Å². The first kappa shape index (κ1) is 27.4. The molecule has 3 aromatic carbocycles. The first-order chi connectivity index (χ1) is 20.3. The van der Waals surface area contributed by atoms with Gasteiger partial charge in [0.25, 0.3) is 11.5 Å². The summed E-state index contributed by atoms with van der Waals surface area (Å²) in [4.78, 5) is 49.3. The Labute approximate surface area is 242 Å². The van der Waals surface area contributed by atoms with Gasteiger partial charge in [0.05, 0.1) is 6.54 Å². The molecular weight excluding hydrogens is 533 g/mol. The van der Waals surface area contributed by atoms with Gasteiger partial charge >= 0.3 is 5.69 Å². The quantitative estimate of drug-likeness (QED) is 0.275. The Morgan fingerprint density at radius 1 is 0.976 bits per heavy atom. The highest BCUT2D eigenvalue weighted by molar-refractivity contribution is 6.05. The number of carbonyl (C=O) groups is 1. The van der Waals surface area contributed by atoms with Gasteiger partial charge in [-0.3, -0.25) is 18.7 Å². The van der Waals surface area contributed by atoms with Crippen molar-refractivity contribution in [3.63, 3.8) is 0 Å². The normalized spacial score (nSPS) is 13.0. The number of anilines is 1. The maximum Gasteiger partial charge on any atom is 0.333 e. The number of fused-ring (bicyclic) bond motifs is 1. The number of rotatable bonds is 9. The molecule has 0 bridgehead atoms. The van der Waals surface area contributed by atoms with Crippen molar-refractivity contribution in [1.29, 1.82) is 0 Å². The maximum absolute atomic E-state index is 14.4. The Hall–Kier alpha value is -4.79. The van der Waals surface area contributed by atoms with Crippen molar-refractivity contribution in [1.82, 2.24) is 19.1 Å². The molecule has 1 saturated carbocycles. The van der Waals surface area contributed by atoms with Crippen molar-refractivity contribution in [2.45, 2.75) is 45.7 Å². The summed E-state index contributed by atoms with van der Waals surface area (Å²) in [5, 5.41) is 0. The first-order valence-electron chi connectivity index (χ1n) is 14.2. The lowest BCUT2D eigenvalue weighted by Crippen LogP contribution is -2.40. The molecule has 1 N–H and O–H groups in total. The predicted octanol–water partition coefficient (Wildman–Crippen LogP) is 4.91. The molecule has 5 aromatic rings. The van der Waals surface area contributed by atoms with Gasteiger partial charge in [0.15, 0.2) is 5.65 Å².